The number of methoxy groups -OCH3 is 1. The molecule has 0 amide bonds. The molecule has 0 heterocycles. The third-order valence-electron chi connectivity index (χ3n) is 4.34. The first-order valence-corrected chi connectivity index (χ1v) is 7.15. The molecule has 1 spiro atoms. The summed E-state index contributed by atoms with van der Waals surface area (Å²) in [5.41, 5.74) is 3.61. The molecule has 0 bridgehead atoms. The first-order valence-electron chi connectivity index (χ1n) is 6.03. The van der Waals surface area contributed by atoms with E-state index in [1.807, 2.05) is 0 Å². The molecule has 0 N–H and O–H groups in total. The van der Waals surface area contributed by atoms with Crippen LogP contribution in [0.4, 0.5) is 0 Å². The first-order chi connectivity index (χ1) is 7.80. The van der Waals surface area contributed by atoms with Crippen LogP contribution in [0.15, 0.2) is 18.2 Å². The Morgan fingerprint density at radius 3 is 3.06 bits per heavy atom. The monoisotopic (exact) mass is 280 g/mol. The Kier molecular flexibility index (Phi) is 2.50. The predicted molar refractivity (Wildman–Crippen MR) is 69.5 cm³/mol. The lowest BCUT2D eigenvalue weighted by Gasteiger charge is -2.27. The van der Waals surface area contributed by atoms with Crippen molar-refractivity contribution in [3.05, 3.63) is 29.3 Å². The fourth-order valence-electron chi connectivity index (χ4n) is 3.31. The number of halogens is 1. The van der Waals surface area contributed by atoms with E-state index < -0.39 is 0 Å². The van der Waals surface area contributed by atoms with E-state index in [9.17, 15) is 0 Å². The number of fused-ring (bicyclic) bond motifs is 2. The normalized spacial score (nSPS) is 31.2. The van der Waals surface area contributed by atoms with Crippen molar-refractivity contribution in [3.8, 4) is 5.75 Å². The Morgan fingerprint density at radius 2 is 2.38 bits per heavy atom. The summed E-state index contributed by atoms with van der Waals surface area (Å²) in [5.74, 6) is 1.86. The number of alkyl halides is 1. The molecule has 2 aliphatic carbocycles. The second-order valence-corrected chi connectivity index (χ2v) is 5.74. The molecule has 0 aliphatic heterocycles. The van der Waals surface area contributed by atoms with Crippen molar-refractivity contribution in [2.45, 2.75) is 31.1 Å². The lowest BCUT2D eigenvalue weighted by atomic mass is 9.79. The minimum absolute atomic E-state index is 0.492. The molecule has 0 radical (unpaired) electrons. The van der Waals surface area contributed by atoms with E-state index in [0.717, 1.165) is 17.0 Å². The lowest BCUT2D eigenvalue weighted by Crippen LogP contribution is -2.19. The van der Waals surface area contributed by atoms with E-state index in [0.29, 0.717) is 5.41 Å². The van der Waals surface area contributed by atoms with Crippen LogP contribution in [0.3, 0.4) is 0 Å². The molecule has 2 unspecified atom stereocenters. The number of benzene rings is 1. The SMILES string of the molecule is COc1ccc2c(c1)C1(CCC2)CC1CBr. The molecule has 1 aromatic carbocycles. The van der Waals surface area contributed by atoms with E-state index in [2.05, 4.69) is 34.1 Å². The third-order valence-corrected chi connectivity index (χ3v) is 5.12. The average Bonchev–Trinajstić information content (AvgIpc) is 3.04. The summed E-state index contributed by atoms with van der Waals surface area (Å²) in [6, 6.07) is 6.64. The number of ether oxygens (including phenoxy) is 1. The molecule has 1 nitrogen and oxygen atoms in total. The van der Waals surface area contributed by atoms with Gasteiger partial charge in [-0.05, 0) is 60.3 Å². The summed E-state index contributed by atoms with van der Waals surface area (Å²) in [7, 11) is 1.76. The second-order valence-electron chi connectivity index (χ2n) is 5.09. The van der Waals surface area contributed by atoms with Crippen LogP contribution < -0.4 is 4.74 Å². The molecule has 3 rings (SSSR count). The summed E-state index contributed by atoms with van der Waals surface area (Å²) in [5, 5.41) is 1.14. The Balaban J connectivity index is 2.04. The molecule has 1 aromatic rings. The van der Waals surface area contributed by atoms with Crippen LogP contribution in [0.1, 0.15) is 30.4 Å². The summed E-state index contributed by atoms with van der Waals surface area (Å²) < 4.78 is 5.36. The van der Waals surface area contributed by atoms with Gasteiger partial charge in [-0.2, -0.15) is 0 Å². The minimum atomic E-state index is 0.492. The highest BCUT2D eigenvalue weighted by Gasteiger charge is 2.55. The van der Waals surface area contributed by atoms with Crippen LogP contribution >= 0.6 is 15.9 Å². The molecular weight excluding hydrogens is 264 g/mol. The van der Waals surface area contributed by atoms with Crippen molar-refractivity contribution in [2.24, 2.45) is 5.92 Å². The van der Waals surface area contributed by atoms with E-state index in [4.69, 9.17) is 4.74 Å². The highest BCUT2D eigenvalue weighted by Crippen LogP contribution is 2.61. The zero-order chi connectivity index (χ0) is 11.2. The predicted octanol–water partition coefficient (Wildman–Crippen LogP) is 3.68. The zero-order valence-corrected chi connectivity index (χ0v) is 11.2. The maximum Gasteiger partial charge on any atom is 0.119 e. The molecule has 2 aliphatic rings. The molecule has 16 heavy (non-hydrogen) atoms. The molecule has 1 saturated carbocycles. The Morgan fingerprint density at radius 1 is 1.50 bits per heavy atom. The molecule has 2 heteroatoms. The van der Waals surface area contributed by atoms with Gasteiger partial charge in [0.25, 0.3) is 0 Å². The lowest BCUT2D eigenvalue weighted by molar-refractivity contribution is 0.411. The maximum atomic E-state index is 5.36. The van der Waals surface area contributed by atoms with Crippen LogP contribution in [0.5, 0.6) is 5.75 Å². The summed E-state index contributed by atoms with van der Waals surface area (Å²) in [4.78, 5) is 0. The van der Waals surface area contributed by atoms with Crippen molar-refractivity contribution in [2.75, 3.05) is 12.4 Å². The molecule has 1 fully saturated rings. The van der Waals surface area contributed by atoms with Gasteiger partial charge in [-0.25, -0.2) is 0 Å². The van der Waals surface area contributed by atoms with E-state index in [-0.39, 0.29) is 0 Å². The molecule has 0 aromatic heterocycles. The maximum absolute atomic E-state index is 5.36. The minimum Gasteiger partial charge on any atom is -0.497 e. The average molecular weight is 281 g/mol. The van der Waals surface area contributed by atoms with Gasteiger partial charge in [0.05, 0.1) is 7.11 Å². The van der Waals surface area contributed by atoms with Gasteiger partial charge >= 0.3 is 0 Å². The largest absolute Gasteiger partial charge is 0.497 e. The fraction of sp³-hybridized carbons (Fsp3) is 0.571. The van der Waals surface area contributed by atoms with E-state index in [1.165, 1.54) is 25.7 Å². The number of rotatable bonds is 2. The van der Waals surface area contributed by atoms with Gasteiger partial charge in [0.1, 0.15) is 5.75 Å². The number of hydrogen-bond donors (Lipinski definition) is 0. The zero-order valence-electron chi connectivity index (χ0n) is 9.63. The van der Waals surface area contributed by atoms with Gasteiger partial charge in [0.2, 0.25) is 0 Å². The highest BCUT2D eigenvalue weighted by atomic mass is 79.9. The fourth-order valence-corrected chi connectivity index (χ4v) is 4.16. The van der Waals surface area contributed by atoms with Crippen LogP contribution in [-0.4, -0.2) is 12.4 Å². The van der Waals surface area contributed by atoms with Crippen LogP contribution in [-0.2, 0) is 11.8 Å². The van der Waals surface area contributed by atoms with E-state index in [1.54, 1.807) is 18.2 Å². The van der Waals surface area contributed by atoms with Crippen LogP contribution in [0.2, 0.25) is 0 Å². The molecule has 2 atom stereocenters. The summed E-state index contributed by atoms with van der Waals surface area (Å²) in [6.45, 7) is 0. The molecular formula is C14H17BrO. The van der Waals surface area contributed by atoms with Crippen molar-refractivity contribution in [3.63, 3.8) is 0 Å². The highest BCUT2D eigenvalue weighted by molar-refractivity contribution is 9.09. The van der Waals surface area contributed by atoms with Crippen molar-refractivity contribution < 1.29 is 4.74 Å². The van der Waals surface area contributed by atoms with Crippen LogP contribution in [0, 0.1) is 5.92 Å². The summed E-state index contributed by atoms with van der Waals surface area (Å²) in [6.07, 6.45) is 5.32. The van der Waals surface area contributed by atoms with Crippen molar-refractivity contribution in [1.82, 2.24) is 0 Å². The summed E-state index contributed by atoms with van der Waals surface area (Å²) >= 11 is 3.64. The van der Waals surface area contributed by atoms with Crippen LogP contribution in [0.25, 0.3) is 0 Å². The first kappa shape index (κ1) is 10.6. The number of aryl methyl sites for hydroxylation is 1. The van der Waals surface area contributed by atoms with Gasteiger partial charge in [0, 0.05) is 5.33 Å². The standard InChI is InChI=1S/C14H17BrO/c1-16-12-5-4-10-3-2-6-14(13(10)7-12)8-11(14)9-15/h4-5,7,11H,2-3,6,8-9H2,1H3. The number of hydrogen-bond acceptors (Lipinski definition) is 1. The molecule has 86 valence electrons. The Hall–Kier alpha value is -0.500. The third kappa shape index (κ3) is 1.42. The Bertz CT molecular complexity index is 415. The van der Waals surface area contributed by atoms with Gasteiger partial charge in [-0.1, -0.05) is 22.0 Å². The van der Waals surface area contributed by atoms with Crippen molar-refractivity contribution in [1.29, 1.82) is 0 Å². The van der Waals surface area contributed by atoms with Gasteiger partial charge in [-0.3, -0.25) is 0 Å². The Labute approximate surface area is 105 Å². The molecule has 0 saturated heterocycles. The van der Waals surface area contributed by atoms with Crippen molar-refractivity contribution >= 4 is 15.9 Å². The second kappa shape index (κ2) is 3.76. The van der Waals surface area contributed by atoms with Gasteiger partial charge in [-0.15, -0.1) is 0 Å². The van der Waals surface area contributed by atoms with Gasteiger partial charge < -0.3 is 4.74 Å². The van der Waals surface area contributed by atoms with Gasteiger partial charge in [0.15, 0.2) is 0 Å². The van der Waals surface area contributed by atoms with E-state index >= 15 is 0 Å². The topological polar surface area (TPSA) is 9.23 Å². The smallest absolute Gasteiger partial charge is 0.119 e. The quantitative estimate of drug-likeness (QED) is 0.751.